The second-order valence-electron chi connectivity index (χ2n) is 8.53. The lowest BCUT2D eigenvalue weighted by Crippen LogP contribution is -2.41. The first-order valence-electron chi connectivity index (χ1n) is 10.8. The molecular weight excluding hydrogens is 392 g/mol. The topological polar surface area (TPSA) is 53.9 Å². The molecule has 2 N–H and O–H groups in total. The van der Waals surface area contributed by atoms with Crippen molar-refractivity contribution in [2.24, 2.45) is 10.9 Å². The normalized spacial score (nSPS) is 31.9. The smallest absolute Gasteiger partial charge is 0.128 e. The van der Waals surface area contributed by atoms with Crippen molar-refractivity contribution in [3.05, 3.63) is 76.9 Å². The molecule has 2 heterocycles. The molecule has 156 valence electrons. The van der Waals surface area contributed by atoms with Crippen LogP contribution in [0.15, 0.2) is 76.3 Å². The lowest BCUT2D eigenvalue weighted by molar-refractivity contribution is 0.173. The fourth-order valence-electron chi connectivity index (χ4n) is 4.75. The standard InChI is InChI=1S/C25H28N2O2S/c1-15(2)30-23-14-19(26-25(27-23)17-8-3-5-11-20(17)28)16-10-7-13-22-24(16)18-9-4-6-12-21(18)29-22/h4-7,9-15,17,19-20,22,24,28H,3,8H2,1-2H3,(H,26,27). The molecule has 0 amide bonds. The summed E-state index contributed by atoms with van der Waals surface area (Å²) in [5.74, 6) is 2.06. The van der Waals surface area contributed by atoms with Crippen molar-refractivity contribution >= 4 is 17.6 Å². The molecule has 0 aromatic heterocycles. The molecule has 0 radical (unpaired) electrons. The highest BCUT2D eigenvalue weighted by atomic mass is 32.2. The highest BCUT2D eigenvalue weighted by Gasteiger charge is 2.40. The average molecular weight is 421 g/mol. The number of amidine groups is 1. The molecule has 4 aliphatic rings. The van der Waals surface area contributed by atoms with Gasteiger partial charge in [-0.05, 0) is 36.6 Å². The van der Waals surface area contributed by atoms with Crippen LogP contribution >= 0.6 is 11.8 Å². The summed E-state index contributed by atoms with van der Waals surface area (Å²) in [6.45, 7) is 4.40. The minimum atomic E-state index is -0.488. The number of para-hydroxylation sites is 1. The molecule has 2 aliphatic carbocycles. The maximum Gasteiger partial charge on any atom is 0.128 e. The first-order valence-corrected chi connectivity index (χ1v) is 11.7. The van der Waals surface area contributed by atoms with E-state index in [0.29, 0.717) is 5.25 Å². The Balaban J connectivity index is 1.52. The molecule has 30 heavy (non-hydrogen) atoms. The predicted molar refractivity (Wildman–Crippen MR) is 124 cm³/mol. The largest absolute Gasteiger partial charge is 0.485 e. The number of nitrogens with zero attached hydrogens (tertiary/aromatic N) is 1. The number of ether oxygens (including phenoxy) is 1. The molecule has 4 nitrogen and oxygen atoms in total. The molecule has 5 heteroatoms. The van der Waals surface area contributed by atoms with Crippen LogP contribution in [0.1, 0.15) is 38.2 Å². The fourth-order valence-corrected chi connectivity index (χ4v) is 5.62. The number of aliphatic hydroxyl groups is 1. The summed E-state index contributed by atoms with van der Waals surface area (Å²) in [6, 6.07) is 8.27. The number of allylic oxidation sites excluding steroid dienone is 3. The highest BCUT2D eigenvalue weighted by Crippen LogP contribution is 2.46. The van der Waals surface area contributed by atoms with E-state index in [0.717, 1.165) is 29.5 Å². The summed E-state index contributed by atoms with van der Waals surface area (Å²) in [5, 5.41) is 15.7. The molecule has 0 bridgehead atoms. The molecule has 5 atom stereocenters. The minimum Gasteiger partial charge on any atom is -0.485 e. The Kier molecular flexibility index (Phi) is 5.34. The summed E-state index contributed by atoms with van der Waals surface area (Å²) >= 11 is 1.82. The summed E-state index contributed by atoms with van der Waals surface area (Å²) in [5.41, 5.74) is 2.50. The number of aliphatic imine (C=N–C) groups is 1. The third-order valence-electron chi connectivity index (χ3n) is 6.08. The molecule has 0 saturated heterocycles. The fraction of sp³-hybridized carbons (Fsp3) is 0.400. The molecular formula is C25H28N2O2S. The van der Waals surface area contributed by atoms with E-state index in [1.165, 1.54) is 11.1 Å². The van der Waals surface area contributed by atoms with E-state index in [1.807, 2.05) is 23.9 Å². The number of aliphatic hydroxyl groups excluding tert-OH is 1. The van der Waals surface area contributed by atoms with E-state index >= 15 is 0 Å². The van der Waals surface area contributed by atoms with E-state index in [1.54, 1.807) is 0 Å². The van der Waals surface area contributed by atoms with Crippen LogP contribution < -0.4 is 10.1 Å². The Bertz CT molecular complexity index is 975. The molecule has 0 saturated carbocycles. The van der Waals surface area contributed by atoms with Crippen LogP contribution in [0, 0.1) is 5.92 Å². The zero-order valence-electron chi connectivity index (χ0n) is 17.4. The van der Waals surface area contributed by atoms with Crippen LogP contribution in [-0.2, 0) is 0 Å². The van der Waals surface area contributed by atoms with Gasteiger partial charge in [-0.15, -0.1) is 11.8 Å². The highest BCUT2D eigenvalue weighted by molar-refractivity contribution is 8.03. The Morgan fingerprint density at radius 3 is 2.93 bits per heavy atom. The first-order chi connectivity index (χ1) is 14.6. The number of nitrogens with one attached hydrogen (secondary N) is 1. The number of fused-ring (bicyclic) bond motifs is 3. The number of hydrogen-bond acceptors (Lipinski definition) is 5. The van der Waals surface area contributed by atoms with Gasteiger partial charge in [0.1, 0.15) is 17.7 Å². The maximum absolute atomic E-state index is 10.6. The quantitative estimate of drug-likeness (QED) is 0.693. The SMILES string of the molecule is CC(C)SC1=CC(C2=CC=CC3Oc4ccccc4C23)N=C(C2CCC=CC2O)N1. The van der Waals surface area contributed by atoms with E-state index in [2.05, 4.69) is 67.7 Å². The van der Waals surface area contributed by atoms with E-state index in [4.69, 9.17) is 9.73 Å². The van der Waals surface area contributed by atoms with E-state index in [-0.39, 0.29) is 24.0 Å². The maximum atomic E-state index is 10.6. The van der Waals surface area contributed by atoms with Gasteiger partial charge in [0.25, 0.3) is 0 Å². The Morgan fingerprint density at radius 1 is 1.23 bits per heavy atom. The third kappa shape index (κ3) is 3.65. The summed E-state index contributed by atoms with van der Waals surface area (Å²) in [6.07, 6.45) is 14.1. The average Bonchev–Trinajstić information content (AvgIpc) is 3.12. The van der Waals surface area contributed by atoms with Gasteiger partial charge in [0, 0.05) is 16.7 Å². The van der Waals surface area contributed by atoms with Crippen LogP contribution in [0.2, 0.25) is 0 Å². The van der Waals surface area contributed by atoms with Gasteiger partial charge in [-0.1, -0.05) is 56.4 Å². The van der Waals surface area contributed by atoms with Crippen molar-refractivity contribution in [1.82, 2.24) is 5.32 Å². The van der Waals surface area contributed by atoms with Crippen LogP contribution in [0.5, 0.6) is 5.75 Å². The lowest BCUT2D eigenvalue weighted by atomic mass is 9.81. The first kappa shape index (κ1) is 19.7. The number of rotatable bonds is 4. The second-order valence-corrected chi connectivity index (χ2v) is 10.2. The van der Waals surface area contributed by atoms with Gasteiger partial charge in [0.2, 0.25) is 0 Å². The van der Waals surface area contributed by atoms with Gasteiger partial charge in [0.15, 0.2) is 0 Å². The van der Waals surface area contributed by atoms with E-state index in [9.17, 15) is 5.11 Å². The third-order valence-corrected chi connectivity index (χ3v) is 7.04. The number of hydrogen-bond donors (Lipinski definition) is 2. The predicted octanol–water partition coefficient (Wildman–Crippen LogP) is 4.71. The molecule has 1 aromatic carbocycles. The summed E-state index contributed by atoms with van der Waals surface area (Å²) < 4.78 is 6.22. The van der Waals surface area contributed by atoms with Crippen molar-refractivity contribution in [3.8, 4) is 5.75 Å². The second kappa shape index (κ2) is 8.12. The molecule has 5 rings (SSSR count). The van der Waals surface area contributed by atoms with Gasteiger partial charge in [-0.3, -0.25) is 4.99 Å². The van der Waals surface area contributed by atoms with Crippen LogP contribution in [-0.4, -0.2) is 34.4 Å². The van der Waals surface area contributed by atoms with Gasteiger partial charge in [0.05, 0.1) is 23.1 Å². The van der Waals surface area contributed by atoms with Crippen molar-refractivity contribution in [3.63, 3.8) is 0 Å². The number of thioether (sulfide) groups is 1. The lowest BCUT2D eigenvalue weighted by Gasteiger charge is -2.33. The molecule has 0 fully saturated rings. The monoisotopic (exact) mass is 420 g/mol. The Labute approximate surface area is 182 Å². The van der Waals surface area contributed by atoms with Crippen LogP contribution in [0.25, 0.3) is 0 Å². The van der Waals surface area contributed by atoms with Crippen LogP contribution in [0.3, 0.4) is 0 Å². The van der Waals surface area contributed by atoms with Gasteiger partial charge in [-0.2, -0.15) is 0 Å². The summed E-state index contributed by atoms with van der Waals surface area (Å²) in [4.78, 5) is 5.13. The van der Waals surface area contributed by atoms with Gasteiger partial charge < -0.3 is 15.2 Å². The van der Waals surface area contributed by atoms with E-state index < -0.39 is 6.10 Å². The Morgan fingerprint density at radius 2 is 2.10 bits per heavy atom. The van der Waals surface area contributed by atoms with Crippen molar-refractivity contribution < 1.29 is 9.84 Å². The van der Waals surface area contributed by atoms with Gasteiger partial charge in [-0.25, -0.2) is 0 Å². The zero-order chi connectivity index (χ0) is 20.7. The molecule has 0 spiro atoms. The molecule has 5 unspecified atom stereocenters. The molecule has 2 aliphatic heterocycles. The van der Waals surface area contributed by atoms with Gasteiger partial charge >= 0.3 is 0 Å². The van der Waals surface area contributed by atoms with Crippen LogP contribution in [0.4, 0.5) is 0 Å². The molecule has 1 aromatic rings. The Hall–Kier alpha value is -2.24. The zero-order valence-corrected chi connectivity index (χ0v) is 18.2. The minimum absolute atomic E-state index is 0.0107. The summed E-state index contributed by atoms with van der Waals surface area (Å²) in [7, 11) is 0. The van der Waals surface area contributed by atoms with Crippen molar-refractivity contribution in [1.29, 1.82) is 0 Å². The van der Waals surface area contributed by atoms with Crippen molar-refractivity contribution in [2.45, 2.75) is 56.1 Å². The van der Waals surface area contributed by atoms with Crippen molar-refractivity contribution in [2.75, 3.05) is 0 Å². The number of benzene rings is 1.